The third kappa shape index (κ3) is 3.39. The molecule has 2 N–H and O–H groups in total. The van der Waals surface area contributed by atoms with E-state index in [2.05, 4.69) is 0 Å². The van der Waals surface area contributed by atoms with Crippen molar-refractivity contribution in [3.8, 4) is 0 Å². The minimum absolute atomic E-state index is 0.00218. The maximum Gasteiger partial charge on any atom is 0.273 e. The van der Waals surface area contributed by atoms with Crippen molar-refractivity contribution in [1.29, 1.82) is 0 Å². The Morgan fingerprint density at radius 1 is 1.30 bits per heavy atom. The first-order chi connectivity index (χ1) is 10.7. The fourth-order valence-electron chi connectivity index (χ4n) is 3.18. The molecule has 2 unspecified atom stereocenters. The van der Waals surface area contributed by atoms with Gasteiger partial charge in [0.05, 0.1) is 9.82 Å². The standard InChI is InChI=1S/C15H23N3O4S/c1-10-8-11(2)15(9-14(10)18(19)20)23(21,22)17-7-5-4-6-13(17)12(3)16/h8-9,12-13H,4-7,16H2,1-3H3. The van der Waals surface area contributed by atoms with Crippen LogP contribution in [0.4, 0.5) is 5.69 Å². The van der Waals surface area contributed by atoms with E-state index in [1.165, 1.54) is 10.4 Å². The second-order valence-corrected chi connectivity index (χ2v) is 8.06. The van der Waals surface area contributed by atoms with Gasteiger partial charge in [-0.3, -0.25) is 10.1 Å². The van der Waals surface area contributed by atoms with E-state index in [9.17, 15) is 18.5 Å². The van der Waals surface area contributed by atoms with Gasteiger partial charge in [-0.15, -0.1) is 0 Å². The first-order valence-electron chi connectivity index (χ1n) is 7.69. The van der Waals surface area contributed by atoms with Crippen LogP contribution in [0.3, 0.4) is 0 Å². The van der Waals surface area contributed by atoms with E-state index in [0.29, 0.717) is 24.1 Å². The monoisotopic (exact) mass is 341 g/mol. The highest BCUT2D eigenvalue weighted by molar-refractivity contribution is 7.89. The topological polar surface area (TPSA) is 107 Å². The number of hydrogen-bond acceptors (Lipinski definition) is 5. The number of nitrogens with two attached hydrogens (primary N) is 1. The molecule has 128 valence electrons. The lowest BCUT2D eigenvalue weighted by Crippen LogP contribution is -2.51. The van der Waals surface area contributed by atoms with Gasteiger partial charge in [0, 0.05) is 30.3 Å². The van der Waals surface area contributed by atoms with Gasteiger partial charge in [-0.1, -0.05) is 6.42 Å². The number of hydrogen-bond donors (Lipinski definition) is 1. The van der Waals surface area contributed by atoms with E-state index in [-0.39, 0.29) is 22.7 Å². The smallest absolute Gasteiger partial charge is 0.273 e. The summed E-state index contributed by atoms with van der Waals surface area (Å²) in [5.41, 5.74) is 6.75. The number of nitro benzene ring substituents is 1. The highest BCUT2D eigenvalue weighted by atomic mass is 32.2. The van der Waals surface area contributed by atoms with Crippen molar-refractivity contribution in [3.05, 3.63) is 33.4 Å². The van der Waals surface area contributed by atoms with Gasteiger partial charge in [0.25, 0.3) is 5.69 Å². The lowest BCUT2D eigenvalue weighted by atomic mass is 10.00. The molecule has 8 heteroatoms. The highest BCUT2D eigenvalue weighted by Crippen LogP contribution is 2.31. The minimum atomic E-state index is -3.81. The van der Waals surface area contributed by atoms with Crippen LogP contribution >= 0.6 is 0 Å². The summed E-state index contributed by atoms with van der Waals surface area (Å²) in [7, 11) is -3.81. The number of nitrogens with zero attached hydrogens (tertiary/aromatic N) is 2. The first kappa shape index (κ1) is 17.8. The molecule has 0 saturated carbocycles. The van der Waals surface area contributed by atoms with Crippen LogP contribution in [0, 0.1) is 24.0 Å². The van der Waals surface area contributed by atoms with Gasteiger partial charge in [-0.25, -0.2) is 8.42 Å². The molecule has 0 aliphatic carbocycles. The largest absolute Gasteiger partial charge is 0.326 e. The minimum Gasteiger partial charge on any atom is -0.326 e. The Balaban J connectivity index is 2.54. The van der Waals surface area contributed by atoms with Crippen molar-refractivity contribution in [2.24, 2.45) is 5.73 Å². The molecule has 0 amide bonds. The summed E-state index contributed by atoms with van der Waals surface area (Å²) in [5, 5.41) is 11.1. The van der Waals surface area contributed by atoms with E-state index in [1.54, 1.807) is 26.8 Å². The number of nitro groups is 1. The zero-order valence-electron chi connectivity index (χ0n) is 13.7. The van der Waals surface area contributed by atoms with E-state index >= 15 is 0 Å². The molecule has 0 spiro atoms. The zero-order chi connectivity index (χ0) is 17.4. The Morgan fingerprint density at radius 3 is 2.52 bits per heavy atom. The molecule has 2 atom stereocenters. The predicted molar refractivity (Wildman–Crippen MR) is 87.8 cm³/mol. The van der Waals surface area contributed by atoms with Gasteiger partial charge in [-0.2, -0.15) is 4.31 Å². The van der Waals surface area contributed by atoms with Crippen molar-refractivity contribution in [2.75, 3.05) is 6.54 Å². The van der Waals surface area contributed by atoms with Gasteiger partial charge in [-0.05, 0) is 45.2 Å². The van der Waals surface area contributed by atoms with E-state index in [1.807, 2.05) is 0 Å². The lowest BCUT2D eigenvalue weighted by Gasteiger charge is -2.37. The Morgan fingerprint density at radius 2 is 1.96 bits per heavy atom. The number of aryl methyl sites for hydroxylation is 2. The van der Waals surface area contributed by atoms with E-state index in [4.69, 9.17) is 5.73 Å². The van der Waals surface area contributed by atoms with Crippen LogP contribution in [-0.2, 0) is 10.0 Å². The van der Waals surface area contributed by atoms with Crippen molar-refractivity contribution in [3.63, 3.8) is 0 Å². The van der Waals surface area contributed by atoms with Gasteiger partial charge in [0.2, 0.25) is 10.0 Å². The maximum atomic E-state index is 13.1. The first-order valence-corrected chi connectivity index (χ1v) is 9.13. The molecular weight excluding hydrogens is 318 g/mol. The zero-order valence-corrected chi connectivity index (χ0v) is 14.5. The second-order valence-electron chi connectivity index (χ2n) is 6.20. The summed E-state index contributed by atoms with van der Waals surface area (Å²) in [6.45, 7) is 5.46. The summed E-state index contributed by atoms with van der Waals surface area (Å²) >= 11 is 0. The number of rotatable bonds is 4. The van der Waals surface area contributed by atoms with Crippen molar-refractivity contribution < 1.29 is 13.3 Å². The average Bonchev–Trinajstić information content (AvgIpc) is 2.46. The van der Waals surface area contributed by atoms with Gasteiger partial charge >= 0.3 is 0 Å². The predicted octanol–water partition coefficient (Wildman–Crippen LogP) is 2.10. The molecule has 0 bridgehead atoms. The molecule has 1 aromatic rings. The molecule has 1 aliphatic heterocycles. The van der Waals surface area contributed by atoms with Crippen LogP contribution in [0.15, 0.2) is 17.0 Å². The van der Waals surface area contributed by atoms with Crippen molar-refractivity contribution >= 4 is 15.7 Å². The summed E-state index contributed by atoms with van der Waals surface area (Å²) < 4.78 is 27.5. The lowest BCUT2D eigenvalue weighted by molar-refractivity contribution is -0.385. The fourth-order valence-corrected chi connectivity index (χ4v) is 5.18. The SMILES string of the molecule is Cc1cc(C)c(S(=O)(=O)N2CCCCC2C(C)N)cc1[N+](=O)[O-]. The van der Waals surface area contributed by atoms with Gasteiger partial charge < -0.3 is 5.73 Å². The number of benzene rings is 1. The molecule has 23 heavy (non-hydrogen) atoms. The third-order valence-electron chi connectivity index (χ3n) is 4.38. The quantitative estimate of drug-likeness (QED) is 0.666. The summed E-state index contributed by atoms with van der Waals surface area (Å²) in [6, 6.07) is 2.17. The Bertz CT molecular complexity index is 716. The average molecular weight is 341 g/mol. The van der Waals surface area contributed by atoms with Crippen LogP contribution in [0.5, 0.6) is 0 Å². The molecule has 7 nitrogen and oxygen atoms in total. The number of piperidine rings is 1. The van der Waals surface area contributed by atoms with Gasteiger partial charge in [0.1, 0.15) is 0 Å². The van der Waals surface area contributed by atoms with Crippen LogP contribution in [0.2, 0.25) is 0 Å². The van der Waals surface area contributed by atoms with Crippen LogP contribution in [0.1, 0.15) is 37.3 Å². The molecule has 1 saturated heterocycles. The third-order valence-corrected chi connectivity index (χ3v) is 6.45. The summed E-state index contributed by atoms with van der Waals surface area (Å²) in [5.74, 6) is 0. The van der Waals surface area contributed by atoms with Crippen LogP contribution in [-0.4, -0.2) is 36.3 Å². The number of sulfonamides is 1. The fraction of sp³-hybridized carbons (Fsp3) is 0.600. The highest BCUT2D eigenvalue weighted by Gasteiger charge is 2.37. The molecular formula is C15H23N3O4S. The molecule has 0 radical (unpaired) electrons. The molecule has 1 heterocycles. The summed E-state index contributed by atoms with van der Waals surface area (Å²) in [4.78, 5) is 10.6. The molecule has 1 fully saturated rings. The van der Waals surface area contributed by atoms with Gasteiger partial charge in [0.15, 0.2) is 0 Å². The second kappa shape index (κ2) is 6.54. The molecule has 1 aliphatic rings. The van der Waals surface area contributed by atoms with Crippen molar-refractivity contribution in [1.82, 2.24) is 4.31 Å². The van der Waals surface area contributed by atoms with E-state index in [0.717, 1.165) is 12.8 Å². The van der Waals surface area contributed by atoms with E-state index < -0.39 is 14.9 Å². The molecule has 2 rings (SSSR count). The Kier molecular flexibility index (Phi) is 5.07. The van der Waals surface area contributed by atoms with Crippen LogP contribution in [0.25, 0.3) is 0 Å². The summed E-state index contributed by atoms with van der Waals surface area (Å²) in [6.07, 6.45) is 2.42. The Hall–Kier alpha value is -1.51. The molecule has 1 aromatic carbocycles. The van der Waals surface area contributed by atoms with Crippen molar-refractivity contribution in [2.45, 2.75) is 57.0 Å². The molecule has 0 aromatic heterocycles. The Labute approximate surface area is 136 Å². The maximum absolute atomic E-state index is 13.1. The normalized spacial score (nSPS) is 21.1. The van der Waals surface area contributed by atoms with Crippen LogP contribution < -0.4 is 5.73 Å².